The van der Waals surface area contributed by atoms with Crippen LogP contribution in [0.25, 0.3) is 96.0 Å². The molecule has 0 fully saturated rings. The van der Waals surface area contributed by atoms with Crippen molar-refractivity contribution < 1.29 is 0 Å². The van der Waals surface area contributed by atoms with Crippen LogP contribution in [-0.2, 0) is 6.42 Å². The van der Waals surface area contributed by atoms with Gasteiger partial charge in [0.05, 0.1) is 0 Å². The second kappa shape index (κ2) is 11.4. The molecule has 0 amide bonds. The monoisotopic (exact) mass is 682 g/mol. The Hall–Kier alpha value is -5.80. The third-order valence-electron chi connectivity index (χ3n) is 10.7. The minimum absolute atomic E-state index is 0.978. The molecule has 0 N–H and O–H groups in total. The summed E-state index contributed by atoms with van der Waals surface area (Å²) in [5.41, 5.74) is 15.9. The minimum atomic E-state index is 0.978. The highest BCUT2D eigenvalue weighted by Crippen LogP contribution is 2.48. The summed E-state index contributed by atoms with van der Waals surface area (Å²) in [6.07, 6.45) is 0.978. The molecule has 0 saturated carbocycles. The second-order valence-electron chi connectivity index (χ2n) is 13.6. The molecular formula is C49H30S2. The summed E-state index contributed by atoms with van der Waals surface area (Å²) >= 11 is 3.85. The Balaban J connectivity index is 1.04. The number of hydrogen-bond donors (Lipinski definition) is 0. The molecule has 2 heteroatoms. The molecule has 0 spiro atoms. The summed E-state index contributed by atoms with van der Waals surface area (Å²) < 4.78 is 5.42. The van der Waals surface area contributed by atoms with Crippen molar-refractivity contribution in [3.05, 3.63) is 181 Å². The van der Waals surface area contributed by atoms with E-state index in [1.165, 1.54) is 107 Å². The molecule has 0 atom stereocenters. The standard InChI is InChI=1S/C49H30S2/c1-3-11-30(12-4-1)36-15-7-19-40-42-21-9-17-38(48(42)50-46(36)40)34-25-23-32-27-33-24-26-35(29-45(33)44(32)28-34)39-18-10-22-43-41-20-8-16-37(47(41)51-49(39)43)31-13-5-2-6-14-31/h1-26,28-29H,27H2. The van der Waals surface area contributed by atoms with Crippen LogP contribution in [0.15, 0.2) is 170 Å². The third-order valence-corrected chi connectivity index (χ3v) is 13.3. The van der Waals surface area contributed by atoms with Gasteiger partial charge in [-0.05, 0) is 85.3 Å². The predicted molar refractivity (Wildman–Crippen MR) is 222 cm³/mol. The summed E-state index contributed by atoms with van der Waals surface area (Å²) in [6, 6.07) is 63.0. The Bertz CT molecular complexity index is 2780. The Morgan fingerprint density at radius 3 is 1.00 bits per heavy atom. The summed E-state index contributed by atoms with van der Waals surface area (Å²) in [6.45, 7) is 0. The first kappa shape index (κ1) is 29.0. The van der Waals surface area contributed by atoms with Crippen molar-refractivity contribution in [3.8, 4) is 55.6 Å². The largest absolute Gasteiger partial charge is 0.134 e. The van der Waals surface area contributed by atoms with Gasteiger partial charge in [0.15, 0.2) is 0 Å². The fourth-order valence-corrected chi connectivity index (χ4v) is 11.0. The first-order chi connectivity index (χ1) is 25.3. The van der Waals surface area contributed by atoms with E-state index in [0.29, 0.717) is 0 Å². The third kappa shape index (κ3) is 4.50. The maximum atomic E-state index is 2.45. The molecule has 0 bridgehead atoms. The van der Waals surface area contributed by atoms with E-state index in [9.17, 15) is 0 Å². The van der Waals surface area contributed by atoms with E-state index < -0.39 is 0 Å². The van der Waals surface area contributed by atoms with Gasteiger partial charge < -0.3 is 0 Å². The molecule has 1 aliphatic rings. The first-order valence-corrected chi connectivity index (χ1v) is 19.2. The van der Waals surface area contributed by atoms with Crippen LogP contribution in [0, 0.1) is 0 Å². The SMILES string of the molecule is c1ccc(-c2cccc3c2sc2c(-c4ccc5c(c4)-c4cc(-c6cccc7c6sc6c(-c8ccccc8)cccc67)ccc4C5)cccc23)cc1. The van der Waals surface area contributed by atoms with Crippen LogP contribution in [0.5, 0.6) is 0 Å². The minimum Gasteiger partial charge on any atom is -0.134 e. The summed E-state index contributed by atoms with van der Waals surface area (Å²) in [4.78, 5) is 0. The lowest BCUT2D eigenvalue weighted by Crippen LogP contribution is -1.84. The topological polar surface area (TPSA) is 0 Å². The molecule has 0 nitrogen and oxygen atoms in total. The van der Waals surface area contributed by atoms with E-state index in [-0.39, 0.29) is 0 Å². The summed E-state index contributed by atoms with van der Waals surface area (Å²) in [7, 11) is 0. The van der Waals surface area contributed by atoms with E-state index in [1.54, 1.807) is 0 Å². The van der Waals surface area contributed by atoms with Gasteiger partial charge in [-0.2, -0.15) is 0 Å². The van der Waals surface area contributed by atoms with Gasteiger partial charge in [-0.15, -0.1) is 22.7 Å². The zero-order valence-electron chi connectivity index (χ0n) is 27.7. The van der Waals surface area contributed by atoms with Gasteiger partial charge >= 0.3 is 0 Å². The molecule has 2 aromatic heterocycles. The van der Waals surface area contributed by atoms with Crippen molar-refractivity contribution >= 4 is 63.0 Å². The highest BCUT2D eigenvalue weighted by Gasteiger charge is 2.22. The Morgan fingerprint density at radius 1 is 0.275 bits per heavy atom. The quantitative estimate of drug-likeness (QED) is 0.173. The number of benzene rings is 8. The second-order valence-corrected chi connectivity index (χ2v) is 15.6. The van der Waals surface area contributed by atoms with Gasteiger partial charge in [0.1, 0.15) is 0 Å². The highest BCUT2D eigenvalue weighted by atomic mass is 32.1. The van der Waals surface area contributed by atoms with Crippen LogP contribution in [0.4, 0.5) is 0 Å². The van der Waals surface area contributed by atoms with E-state index in [1.807, 2.05) is 22.7 Å². The molecule has 11 rings (SSSR count). The number of fused-ring (bicyclic) bond motifs is 9. The summed E-state index contributed by atoms with van der Waals surface area (Å²) in [5.74, 6) is 0. The lowest BCUT2D eigenvalue weighted by Gasteiger charge is -2.10. The molecule has 51 heavy (non-hydrogen) atoms. The van der Waals surface area contributed by atoms with Crippen LogP contribution in [-0.4, -0.2) is 0 Å². The predicted octanol–water partition coefficient (Wildman–Crippen LogP) is 14.7. The van der Waals surface area contributed by atoms with Crippen LogP contribution in [0.3, 0.4) is 0 Å². The van der Waals surface area contributed by atoms with Crippen molar-refractivity contribution in [1.82, 2.24) is 0 Å². The molecule has 0 radical (unpaired) electrons. The first-order valence-electron chi connectivity index (χ1n) is 17.5. The van der Waals surface area contributed by atoms with Gasteiger partial charge in [0, 0.05) is 40.3 Å². The summed E-state index contributed by atoms with van der Waals surface area (Å²) in [5, 5.41) is 5.34. The molecule has 10 aromatic rings. The van der Waals surface area contributed by atoms with Gasteiger partial charge in [0.25, 0.3) is 0 Å². The average Bonchev–Trinajstić information content (AvgIpc) is 3.89. The molecule has 0 aliphatic heterocycles. The van der Waals surface area contributed by atoms with E-state index in [0.717, 1.165) is 6.42 Å². The highest BCUT2D eigenvalue weighted by molar-refractivity contribution is 7.27. The van der Waals surface area contributed by atoms with Gasteiger partial charge in [-0.3, -0.25) is 0 Å². The molecule has 238 valence electrons. The van der Waals surface area contributed by atoms with E-state index >= 15 is 0 Å². The molecule has 8 aromatic carbocycles. The maximum Gasteiger partial charge on any atom is 0.0434 e. The van der Waals surface area contributed by atoms with Crippen molar-refractivity contribution in [2.45, 2.75) is 6.42 Å². The Labute approximate surface area is 304 Å². The maximum absolute atomic E-state index is 2.45. The normalized spacial score (nSPS) is 12.2. The van der Waals surface area contributed by atoms with Crippen molar-refractivity contribution in [3.63, 3.8) is 0 Å². The fourth-order valence-electron chi connectivity index (χ4n) is 8.29. The zero-order valence-corrected chi connectivity index (χ0v) is 29.3. The molecule has 0 unspecified atom stereocenters. The van der Waals surface area contributed by atoms with Crippen LogP contribution < -0.4 is 0 Å². The van der Waals surface area contributed by atoms with Crippen LogP contribution >= 0.6 is 22.7 Å². The molecule has 2 heterocycles. The zero-order chi connectivity index (χ0) is 33.5. The number of rotatable bonds is 4. The Morgan fingerprint density at radius 2 is 0.627 bits per heavy atom. The lowest BCUT2D eigenvalue weighted by molar-refractivity contribution is 1.26. The number of hydrogen-bond acceptors (Lipinski definition) is 2. The van der Waals surface area contributed by atoms with Gasteiger partial charge in [0.2, 0.25) is 0 Å². The lowest BCUT2D eigenvalue weighted by atomic mass is 9.95. The van der Waals surface area contributed by atoms with Crippen molar-refractivity contribution in [2.75, 3.05) is 0 Å². The number of thiophene rings is 2. The smallest absolute Gasteiger partial charge is 0.0434 e. The fraction of sp³-hybridized carbons (Fsp3) is 0.0204. The van der Waals surface area contributed by atoms with Crippen molar-refractivity contribution in [2.24, 2.45) is 0 Å². The van der Waals surface area contributed by atoms with Crippen LogP contribution in [0.1, 0.15) is 11.1 Å². The van der Waals surface area contributed by atoms with E-state index in [4.69, 9.17) is 0 Å². The van der Waals surface area contributed by atoms with Gasteiger partial charge in [-0.25, -0.2) is 0 Å². The van der Waals surface area contributed by atoms with Crippen LogP contribution in [0.2, 0.25) is 0 Å². The molecule has 1 aliphatic carbocycles. The molecular weight excluding hydrogens is 653 g/mol. The van der Waals surface area contributed by atoms with Crippen molar-refractivity contribution in [1.29, 1.82) is 0 Å². The van der Waals surface area contributed by atoms with Gasteiger partial charge in [-0.1, -0.05) is 158 Å². The average molecular weight is 683 g/mol. The Kier molecular flexibility index (Phi) is 6.46. The molecule has 0 saturated heterocycles. The van der Waals surface area contributed by atoms with E-state index in [2.05, 4.69) is 170 Å².